The van der Waals surface area contributed by atoms with Crippen LogP contribution in [0.4, 0.5) is 13.2 Å². The molecule has 1 rings (SSSR count). The van der Waals surface area contributed by atoms with Gasteiger partial charge in [0.2, 0.25) is 0 Å². The summed E-state index contributed by atoms with van der Waals surface area (Å²) in [5.41, 5.74) is -3.02. The zero-order valence-corrected chi connectivity index (χ0v) is 9.23. The van der Waals surface area contributed by atoms with Crippen molar-refractivity contribution in [3.63, 3.8) is 0 Å². The summed E-state index contributed by atoms with van der Waals surface area (Å²) in [6, 6.07) is 0. The van der Waals surface area contributed by atoms with Gasteiger partial charge in [0.15, 0.2) is 0 Å². The predicted molar refractivity (Wildman–Crippen MR) is 48.1 cm³/mol. The van der Waals surface area contributed by atoms with Crippen LogP contribution in [0.25, 0.3) is 0 Å². The van der Waals surface area contributed by atoms with Crippen LogP contribution in [0.3, 0.4) is 0 Å². The second kappa shape index (κ2) is 3.12. The summed E-state index contributed by atoms with van der Waals surface area (Å²) in [4.78, 5) is 11.4. The van der Waals surface area contributed by atoms with E-state index in [1.165, 1.54) is 13.8 Å². The molecule has 0 aliphatic heterocycles. The molecule has 1 saturated carbocycles. The second-order valence-electron chi connectivity index (χ2n) is 4.61. The maximum Gasteiger partial charge on any atom is 0.395 e. The van der Waals surface area contributed by atoms with E-state index >= 15 is 0 Å². The lowest BCUT2D eigenvalue weighted by Crippen LogP contribution is -2.28. The Labute approximate surface area is 86.8 Å². The standard InChI is InChI=1S/C10H15F3O2/c1-5-15-7(14)6-8(2,3)9(6,4)10(11,12)13/h6H,5H2,1-4H3. The molecule has 2 atom stereocenters. The van der Waals surface area contributed by atoms with Crippen molar-refractivity contribution in [3.05, 3.63) is 0 Å². The lowest BCUT2D eigenvalue weighted by Gasteiger charge is -2.18. The average molecular weight is 224 g/mol. The monoisotopic (exact) mass is 224 g/mol. The molecule has 0 radical (unpaired) electrons. The van der Waals surface area contributed by atoms with Crippen LogP contribution in [-0.4, -0.2) is 18.8 Å². The van der Waals surface area contributed by atoms with Gasteiger partial charge in [0.05, 0.1) is 17.9 Å². The molecule has 0 aromatic heterocycles. The van der Waals surface area contributed by atoms with Gasteiger partial charge in [-0.2, -0.15) is 13.2 Å². The van der Waals surface area contributed by atoms with E-state index in [1.807, 2.05) is 0 Å². The van der Waals surface area contributed by atoms with Crippen molar-refractivity contribution in [1.29, 1.82) is 0 Å². The van der Waals surface area contributed by atoms with Gasteiger partial charge in [-0.05, 0) is 19.3 Å². The molecule has 5 heteroatoms. The Balaban J connectivity index is 2.92. The number of halogens is 3. The minimum absolute atomic E-state index is 0.110. The number of hydrogen-bond donors (Lipinski definition) is 0. The molecule has 0 bridgehead atoms. The lowest BCUT2D eigenvalue weighted by atomic mass is 9.98. The molecule has 0 aromatic rings. The fourth-order valence-corrected chi connectivity index (χ4v) is 2.26. The van der Waals surface area contributed by atoms with Crippen LogP contribution in [0.1, 0.15) is 27.7 Å². The normalized spacial score (nSPS) is 33.7. The Hall–Kier alpha value is -0.740. The lowest BCUT2D eigenvalue weighted by molar-refractivity contribution is -0.197. The van der Waals surface area contributed by atoms with Crippen molar-refractivity contribution in [3.8, 4) is 0 Å². The Morgan fingerprint density at radius 3 is 2.07 bits per heavy atom. The Kier molecular flexibility index (Phi) is 2.57. The summed E-state index contributed by atoms with van der Waals surface area (Å²) in [6.45, 7) is 5.66. The first-order valence-corrected chi connectivity index (χ1v) is 4.84. The maximum absolute atomic E-state index is 12.8. The molecular weight excluding hydrogens is 209 g/mol. The first kappa shape index (κ1) is 12.3. The predicted octanol–water partition coefficient (Wildman–Crippen LogP) is 2.77. The van der Waals surface area contributed by atoms with E-state index < -0.39 is 28.9 Å². The van der Waals surface area contributed by atoms with Gasteiger partial charge < -0.3 is 4.74 Å². The molecule has 2 unspecified atom stereocenters. The van der Waals surface area contributed by atoms with Gasteiger partial charge in [0.25, 0.3) is 0 Å². The van der Waals surface area contributed by atoms with Crippen molar-refractivity contribution >= 4 is 5.97 Å². The van der Waals surface area contributed by atoms with Gasteiger partial charge in [-0.15, -0.1) is 0 Å². The molecule has 1 fully saturated rings. The fourth-order valence-electron chi connectivity index (χ4n) is 2.26. The van der Waals surface area contributed by atoms with Crippen molar-refractivity contribution in [2.75, 3.05) is 6.61 Å². The van der Waals surface area contributed by atoms with Crippen molar-refractivity contribution in [1.82, 2.24) is 0 Å². The first-order valence-electron chi connectivity index (χ1n) is 4.84. The summed E-state index contributed by atoms with van der Waals surface area (Å²) in [6.07, 6.45) is -4.37. The highest BCUT2D eigenvalue weighted by molar-refractivity contribution is 5.79. The topological polar surface area (TPSA) is 26.3 Å². The molecular formula is C10H15F3O2. The third-order valence-corrected chi connectivity index (χ3v) is 3.67. The minimum Gasteiger partial charge on any atom is -0.466 e. The molecule has 0 amide bonds. The highest BCUT2D eigenvalue weighted by Crippen LogP contribution is 2.75. The van der Waals surface area contributed by atoms with Gasteiger partial charge in [0.1, 0.15) is 0 Å². The number of hydrogen-bond acceptors (Lipinski definition) is 2. The van der Waals surface area contributed by atoms with Crippen LogP contribution in [-0.2, 0) is 9.53 Å². The van der Waals surface area contributed by atoms with Crippen LogP contribution in [0, 0.1) is 16.7 Å². The van der Waals surface area contributed by atoms with Gasteiger partial charge in [-0.1, -0.05) is 13.8 Å². The fraction of sp³-hybridized carbons (Fsp3) is 0.900. The van der Waals surface area contributed by atoms with E-state index in [9.17, 15) is 18.0 Å². The zero-order valence-electron chi connectivity index (χ0n) is 9.23. The minimum atomic E-state index is -4.37. The second-order valence-corrected chi connectivity index (χ2v) is 4.61. The molecule has 0 saturated heterocycles. The Bertz CT molecular complexity index is 283. The van der Waals surface area contributed by atoms with Gasteiger partial charge in [-0.3, -0.25) is 4.79 Å². The summed E-state index contributed by atoms with van der Waals surface area (Å²) >= 11 is 0. The smallest absolute Gasteiger partial charge is 0.395 e. The quantitative estimate of drug-likeness (QED) is 0.674. The third kappa shape index (κ3) is 1.43. The summed E-state index contributed by atoms with van der Waals surface area (Å²) in [5, 5.41) is 0. The largest absolute Gasteiger partial charge is 0.466 e. The third-order valence-electron chi connectivity index (χ3n) is 3.67. The highest BCUT2D eigenvalue weighted by Gasteiger charge is 2.83. The molecule has 15 heavy (non-hydrogen) atoms. The number of carbonyl (C=O) groups excluding carboxylic acids is 1. The number of rotatable bonds is 2. The van der Waals surface area contributed by atoms with Crippen LogP contribution in [0.2, 0.25) is 0 Å². The van der Waals surface area contributed by atoms with Crippen LogP contribution in [0.5, 0.6) is 0 Å². The number of ether oxygens (including phenoxy) is 1. The van der Waals surface area contributed by atoms with Crippen molar-refractivity contribution in [2.24, 2.45) is 16.7 Å². The maximum atomic E-state index is 12.8. The van der Waals surface area contributed by atoms with Crippen molar-refractivity contribution < 1.29 is 22.7 Å². The molecule has 1 aliphatic carbocycles. The van der Waals surface area contributed by atoms with Crippen LogP contribution >= 0.6 is 0 Å². The number of carbonyl (C=O) groups is 1. The Morgan fingerprint density at radius 1 is 1.33 bits per heavy atom. The average Bonchev–Trinajstić information content (AvgIpc) is 2.47. The van der Waals surface area contributed by atoms with E-state index in [1.54, 1.807) is 6.92 Å². The van der Waals surface area contributed by atoms with Gasteiger partial charge in [0, 0.05) is 0 Å². The first-order chi connectivity index (χ1) is 6.60. The van der Waals surface area contributed by atoms with Gasteiger partial charge >= 0.3 is 12.1 Å². The summed E-state index contributed by atoms with van der Waals surface area (Å²) in [5.74, 6) is -1.83. The number of esters is 1. The van der Waals surface area contributed by atoms with Gasteiger partial charge in [-0.25, -0.2) is 0 Å². The zero-order chi connectivity index (χ0) is 12.1. The van der Waals surface area contributed by atoms with E-state index in [-0.39, 0.29) is 6.61 Å². The summed E-state index contributed by atoms with van der Waals surface area (Å²) in [7, 11) is 0. The highest BCUT2D eigenvalue weighted by atomic mass is 19.4. The molecule has 88 valence electrons. The van der Waals surface area contributed by atoms with E-state index in [2.05, 4.69) is 4.74 Å². The van der Waals surface area contributed by atoms with Crippen LogP contribution in [0.15, 0.2) is 0 Å². The van der Waals surface area contributed by atoms with E-state index in [4.69, 9.17) is 0 Å². The van der Waals surface area contributed by atoms with Crippen LogP contribution < -0.4 is 0 Å². The molecule has 0 aromatic carbocycles. The SMILES string of the molecule is CCOC(=O)C1C(C)(C)C1(C)C(F)(F)F. The molecule has 0 spiro atoms. The molecule has 0 heterocycles. The van der Waals surface area contributed by atoms with Crippen molar-refractivity contribution in [2.45, 2.75) is 33.9 Å². The Morgan fingerprint density at radius 2 is 1.80 bits per heavy atom. The molecule has 1 aliphatic rings. The van der Waals surface area contributed by atoms with E-state index in [0.29, 0.717) is 0 Å². The molecule has 0 N–H and O–H groups in total. The molecule has 2 nitrogen and oxygen atoms in total. The summed E-state index contributed by atoms with van der Waals surface area (Å²) < 4.78 is 42.9. The van der Waals surface area contributed by atoms with E-state index in [0.717, 1.165) is 6.92 Å². The number of alkyl halides is 3.